The van der Waals surface area contributed by atoms with Gasteiger partial charge >= 0.3 is 6.18 Å². The SMILES string of the molecule is CC1(C)OCC(N)(CCc2ccc(OCCCc3cccc(C4CC4)c3)c(C(F)(F)F)c2)CO1. The zero-order valence-corrected chi connectivity index (χ0v) is 19.9. The van der Waals surface area contributed by atoms with E-state index in [1.54, 1.807) is 6.07 Å². The van der Waals surface area contributed by atoms with Crippen LogP contribution in [0.3, 0.4) is 0 Å². The molecule has 1 aliphatic carbocycles. The first kappa shape index (κ1) is 25.0. The van der Waals surface area contributed by atoms with Gasteiger partial charge in [0, 0.05) is 0 Å². The van der Waals surface area contributed by atoms with Crippen LogP contribution in [-0.2, 0) is 28.5 Å². The summed E-state index contributed by atoms with van der Waals surface area (Å²) >= 11 is 0. The molecule has 4 nitrogen and oxygen atoms in total. The lowest BCUT2D eigenvalue weighted by molar-refractivity contribution is -0.267. The molecule has 0 spiro atoms. The Bertz CT molecular complexity index is 975. The van der Waals surface area contributed by atoms with E-state index >= 15 is 0 Å². The fourth-order valence-corrected chi connectivity index (χ4v) is 4.21. The van der Waals surface area contributed by atoms with E-state index in [0.717, 1.165) is 6.42 Å². The second kappa shape index (κ2) is 9.88. The number of rotatable bonds is 9. The van der Waals surface area contributed by atoms with Gasteiger partial charge in [0.1, 0.15) is 5.75 Å². The molecule has 0 bridgehead atoms. The monoisotopic (exact) mass is 477 g/mol. The van der Waals surface area contributed by atoms with Crippen LogP contribution in [0.25, 0.3) is 0 Å². The fourth-order valence-electron chi connectivity index (χ4n) is 4.21. The molecule has 4 rings (SSSR count). The Hall–Kier alpha value is -2.09. The van der Waals surface area contributed by atoms with Crippen LogP contribution in [0.2, 0.25) is 0 Å². The maximum absolute atomic E-state index is 13.7. The van der Waals surface area contributed by atoms with Crippen LogP contribution in [-0.4, -0.2) is 31.1 Å². The Morgan fingerprint density at radius 1 is 1.00 bits per heavy atom. The van der Waals surface area contributed by atoms with Crippen LogP contribution in [0, 0.1) is 0 Å². The summed E-state index contributed by atoms with van der Waals surface area (Å²) < 4.78 is 58.1. The van der Waals surface area contributed by atoms with Gasteiger partial charge in [-0.15, -0.1) is 0 Å². The molecule has 1 saturated heterocycles. The van der Waals surface area contributed by atoms with Crippen LogP contribution in [0.1, 0.15) is 67.7 Å². The summed E-state index contributed by atoms with van der Waals surface area (Å²) in [6, 6.07) is 12.8. The molecule has 2 N–H and O–H groups in total. The normalized spacial score (nSPS) is 19.7. The van der Waals surface area contributed by atoms with Crippen LogP contribution >= 0.6 is 0 Å². The number of nitrogens with two attached hydrogens (primary N) is 1. The predicted molar refractivity (Wildman–Crippen MR) is 125 cm³/mol. The molecule has 2 aromatic carbocycles. The smallest absolute Gasteiger partial charge is 0.419 e. The number of benzene rings is 2. The van der Waals surface area contributed by atoms with E-state index < -0.39 is 23.1 Å². The largest absolute Gasteiger partial charge is 0.493 e. The van der Waals surface area contributed by atoms with E-state index in [2.05, 4.69) is 24.3 Å². The lowest BCUT2D eigenvalue weighted by Gasteiger charge is -2.41. The van der Waals surface area contributed by atoms with Crippen molar-refractivity contribution in [2.45, 2.75) is 75.8 Å². The summed E-state index contributed by atoms with van der Waals surface area (Å²) in [5.74, 6) is -0.134. The van der Waals surface area contributed by atoms with Crippen molar-refractivity contribution in [3.05, 3.63) is 64.7 Å². The molecule has 1 heterocycles. The zero-order valence-electron chi connectivity index (χ0n) is 19.9. The summed E-state index contributed by atoms with van der Waals surface area (Å²) in [6.45, 7) is 4.46. The van der Waals surface area contributed by atoms with E-state index in [4.69, 9.17) is 19.9 Å². The Balaban J connectivity index is 1.33. The first-order valence-corrected chi connectivity index (χ1v) is 12.0. The van der Waals surface area contributed by atoms with Crippen molar-refractivity contribution in [1.82, 2.24) is 0 Å². The number of alkyl halides is 3. The second-order valence-electron chi connectivity index (χ2n) is 10.1. The summed E-state index contributed by atoms with van der Waals surface area (Å²) in [4.78, 5) is 0. The van der Waals surface area contributed by atoms with Crippen molar-refractivity contribution < 1.29 is 27.4 Å². The summed E-state index contributed by atoms with van der Waals surface area (Å²) in [5.41, 5.74) is 8.00. The Kier molecular flexibility index (Phi) is 7.27. The first-order valence-electron chi connectivity index (χ1n) is 12.0. The number of hydrogen-bond donors (Lipinski definition) is 1. The average molecular weight is 478 g/mol. The van der Waals surface area contributed by atoms with E-state index in [-0.39, 0.29) is 12.4 Å². The van der Waals surface area contributed by atoms with Crippen molar-refractivity contribution in [3.8, 4) is 5.75 Å². The van der Waals surface area contributed by atoms with E-state index in [0.29, 0.717) is 44.0 Å². The topological polar surface area (TPSA) is 53.7 Å². The fraction of sp³-hybridized carbons (Fsp3) is 0.556. The standard InChI is InChI=1S/C27H34F3NO3/c1-25(2)33-17-26(31,18-34-25)13-12-20-8-11-24(23(16-20)27(28,29)30)32-14-4-6-19-5-3-7-22(15-19)21-9-10-21/h3,5,7-8,11,15-16,21H,4,6,9-10,12-14,17-18,31H2,1-2H3. The molecule has 1 saturated carbocycles. The average Bonchev–Trinajstić information content (AvgIpc) is 3.63. The highest BCUT2D eigenvalue weighted by Gasteiger charge is 2.38. The number of hydrogen-bond acceptors (Lipinski definition) is 4. The van der Waals surface area contributed by atoms with Crippen LogP contribution < -0.4 is 10.5 Å². The minimum Gasteiger partial charge on any atom is -0.493 e. The highest BCUT2D eigenvalue weighted by molar-refractivity contribution is 5.39. The van der Waals surface area contributed by atoms with Crippen molar-refractivity contribution >= 4 is 0 Å². The third-order valence-electron chi connectivity index (χ3n) is 6.54. The van der Waals surface area contributed by atoms with Gasteiger partial charge in [-0.2, -0.15) is 13.2 Å². The number of halogens is 3. The molecule has 0 aromatic heterocycles. The Labute approximate surface area is 199 Å². The molecule has 2 aliphatic rings. The zero-order chi connectivity index (χ0) is 24.4. The van der Waals surface area contributed by atoms with Gasteiger partial charge in [-0.05, 0) is 87.1 Å². The van der Waals surface area contributed by atoms with Crippen LogP contribution in [0.4, 0.5) is 13.2 Å². The molecule has 2 fully saturated rings. The molecule has 7 heteroatoms. The van der Waals surface area contributed by atoms with Gasteiger partial charge in [-0.25, -0.2) is 0 Å². The predicted octanol–water partition coefficient (Wildman–Crippen LogP) is 6.01. The van der Waals surface area contributed by atoms with Gasteiger partial charge < -0.3 is 19.9 Å². The maximum Gasteiger partial charge on any atom is 0.419 e. The van der Waals surface area contributed by atoms with Gasteiger partial charge in [-0.3, -0.25) is 0 Å². The summed E-state index contributed by atoms with van der Waals surface area (Å²) in [7, 11) is 0. The van der Waals surface area contributed by atoms with Gasteiger partial charge in [0.25, 0.3) is 0 Å². The van der Waals surface area contributed by atoms with Crippen LogP contribution in [0.5, 0.6) is 5.75 Å². The molecule has 0 atom stereocenters. The van der Waals surface area contributed by atoms with E-state index in [1.165, 1.54) is 36.1 Å². The minimum atomic E-state index is -4.49. The van der Waals surface area contributed by atoms with E-state index in [9.17, 15) is 13.2 Å². The van der Waals surface area contributed by atoms with Crippen molar-refractivity contribution in [1.29, 1.82) is 0 Å². The molecule has 1 aliphatic heterocycles. The second-order valence-corrected chi connectivity index (χ2v) is 10.1. The number of aryl methyl sites for hydroxylation is 2. The van der Waals surface area contributed by atoms with E-state index in [1.807, 2.05) is 13.8 Å². The molecule has 34 heavy (non-hydrogen) atoms. The molecule has 0 unspecified atom stereocenters. The van der Waals surface area contributed by atoms with Gasteiger partial charge in [-0.1, -0.05) is 30.3 Å². The number of ether oxygens (including phenoxy) is 3. The van der Waals surface area contributed by atoms with Crippen molar-refractivity contribution in [3.63, 3.8) is 0 Å². The Morgan fingerprint density at radius 2 is 1.71 bits per heavy atom. The molecule has 2 aromatic rings. The highest BCUT2D eigenvalue weighted by atomic mass is 19.4. The van der Waals surface area contributed by atoms with Crippen molar-refractivity contribution in [2.75, 3.05) is 19.8 Å². The molecule has 0 radical (unpaired) electrons. The first-order chi connectivity index (χ1) is 16.0. The van der Waals surface area contributed by atoms with Crippen molar-refractivity contribution in [2.24, 2.45) is 5.73 Å². The van der Waals surface area contributed by atoms with Gasteiger partial charge in [0.05, 0.1) is 30.9 Å². The Morgan fingerprint density at radius 3 is 2.38 bits per heavy atom. The molecule has 186 valence electrons. The quantitative estimate of drug-likeness (QED) is 0.450. The lowest BCUT2D eigenvalue weighted by atomic mass is 9.92. The van der Waals surface area contributed by atoms with Gasteiger partial charge in [0.2, 0.25) is 0 Å². The lowest BCUT2D eigenvalue weighted by Crippen LogP contribution is -2.57. The van der Waals surface area contributed by atoms with Gasteiger partial charge in [0.15, 0.2) is 5.79 Å². The molecule has 0 amide bonds. The molecular weight excluding hydrogens is 443 g/mol. The highest BCUT2D eigenvalue weighted by Crippen LogP contribution is 2.40. The molecular formula is C27H34F3NO3. The minimum absolute atomic E-state index is 0.128. The maximum atomic E-state index is 13.7. The summed E-state index contributed by atoms with van der Waals surface area (Å²) in [6.07, 6.45) is 0.276. The summed E-state index contributed by atoms with van der Waals surface area (Å²) in [5, 5.41) is 0. The third kappa shape index (κ3) is 6.74. The third-order valence-corrected chi connectivity index (χ3v) is 6.54. The van der Waals surface area contributed by atoms with Crippen LogP contribution in [0.15, 0.2) is 42.5 Å².